The van der Waals surface area contributed by atoms with Gasteiger partial charge in [-0.2, -0.15) is 0 Å². The van der Waals surface area contributed by atoms with Crippen LogP contribution in [-0.4, -0.2) is 50.9 Å². The van der Waals surface area contributed by atoms with Crippen LogP contribution in [0.1, 0.15) is 49.3 Å². The fourth-order valence-electron chi connectivity index (χ4n) is 3.79. The molecule has 1 saturated heterocycles. The van der Waals surface area contributed by atoms with E-state index >= 15 is 0 Å². The Hall–Kier alpha value is -1.11. The third-order valence-corrected chi connectivity index (χ3v) is 6.30. The first-order valence-corrected chi connectivity index (χ1v) is 10.8. The van der Waals surface area contributed by atoms with Crippen molar-refractivity contribution in [1.29, 1.82) is 0 Å². The average molecular weight is 353 g/mol. The van der Waals surface area contributed by atoms with Crippen molar-refractivity contribution < 1.29 is 13.5 Å². The van der Waals surface area contributed by atoms with E-state index in [9.17, 15) is 13.5 Å². The summed E-state index contributed by atoms with van der Waals surface area (Å²) < 4.78 is 25.1. The van der Waals surface area contributed by atoms with Gasteiger partial charge in [0.1, 0.15) is 0 Å². The topological polar surface area (TPSA) is 60.9 Å². The molecule has 0 radical (unpaired) electrons. The van der Waals surface area contributed by atoms with Gasteiger partial charge in [-0.25, -0.2) is 8.42 Å². The lowest BCUT2D eigenvalue weighted by Crippen LogP contribution is -2.31. The molecule has 1 atom stereocenters. The van der Waals surface area contributed by atoms with E-state index in [-0.39, 0.29) is 0 Å². The molecule has 0 saturated carbocycles. The van der Waals surface area contributed by atoms with Crippen LogP contribution in [0.15, 0.2) is 18.2 Å². The highest BCUT2D eigenvalue weighted by molar-refractivity contribution is 7.92. The molecule has 0 aliphatic carbocycles. The van der Waals surface area contributed by atoms with Gasteiger partial charge in [0.2, 0.25) is 10.0 Å². The zero-order chi connectivity index (χ0) is 17.2. The van der Waals surface area contributed by atoms with E-state index in [0.29, 0.717) is 19.5 Å². The van der Waals surface area contributed by atoms with Crippen LogP contribution in [0.4, 0.5) is 5.69 Å². The van der Waals surface area contributed by atoms with Crippen molar-refractivity contribution in [1.82, 2.24) is 4.90 Å². The molecule has 1 N–H and O–H groups in total. The van der Waals surface area contributed by atoms with Crippen molar-refractivity contribution >= 4 is 15.7 Å². The Kier molecular flexibility index (Phi) is 5.47. The minimum Gasteiger partial charge on any atom is -0.387 e. The minimum absolute atomic E-state index is 0.500. The molecule has 2 aliphatic rings. The number of rotatable bonds is 4. The van der Waals surface area contributed by atoms with Crippen molar-refractivity contribution in [2.45, 2.75) is 44.6 Å². The molecule has 1 unspecified atom stereocenters. The molecule has 0 spiro atoms. The number of hydrogen-bond donors (Lipinski definition) is 1. The number of sulfonamides is 1. The van der Waals surface area contributed by atoms with Crippen LogP contribution in [0.25, 0.3) is 0 Å². The second-order valence-electron chi connectivity index (χ2n) is 7.06. The summed E-state index contributed by atoms with van der Waals surface area (Å²) in [7, 11) is -3.22. The Morgan fingerprint density at radius 3 is 2.42 bits per heavy atom. The predicted octanol–water partition coefficient (Wildman–Crippen LogP) is 2.31. The van der Waals surface area contributed by atoms with E-state index in [1.807, 2.05) is 18.2 Å². The maximum Gasteiger partial charge on any atom is 0.232 e. The lowest BCUT2D eigenvalue weighted by atomic mass is 10.0. The summed E-state index contributed by atoms with van der Waals surface area (Å²) in [5.74, 6) is 0. The number of β-amino-alcohol motifs (C(OH)–C–C–N with tert-alkyl or cyclic N) is 1. The highest BCUT2D eigenvalue weighted by atomic mass is 32.2. The highest BCUT2D eigenvalue weighted by Gasteiger charge is 2.27. The van der Waals surface area contributed by atoms with Gasteiger partial charge in [0.25, 0.3) is 0 Å². The van der Waals surface area contributed by atoms with Crippen molar-refractivity contribution in [2.24, 2.45) is 0 Å². The van der Waals surface area contributed by atoms with Gasteiger partial charge in [0, 0.05) is 13.1 Å². The van der Waals surface area contributed by atoms with Gasteiger partial charge in [-0.05, 0) is 49.5 Å². The van der Waals surface area contributed by atoms with Crippen LogP contribution in [0.3, 0.4) is 0 Å². The summed E-state index contributed by atoms with van der Waals surface area (Å²) in [6.45, 7) is 3.28. The van der Waals surface area contributed by atoms with Gasteiger partial charge in [0.15, 0.2) is 0 Å². The zero-order valence-corrected chi connectivity index (χ0v) is 15.3. The van der Waals surface area contributed by atoms with Crippen LogP contribution >= 0.6 is 0 Å². The fraction of sp³-hybridized carbons (Fsp3) is 0.667. The molecule has 1 aromatic carbocycles. The quantitative estimate of drug-likeness (QED) is 0.903. The number of anilines is 1. The van der Waals surface area contributed by atoms with Crippen LogP contribution < -0.4 is 4.31 Å². The summed E-state index contributed by atoms with van der Waals surface area (Å²) >= 11 is 0. The van der Waals surface area contributed by atoms with Crippen molar-refractivity contribution in [3.8, 4) is 0 Å². The minimum atomic E-state index is -3.22. The Morgan fingerprint density at radius 2 is 1.75 bits per heavy atom. The second kappa shape index (κ2) is 7.42. The van der Waals surface area contributed by atoms with Crippen LogP contribution in [0.5, 0.6) is 0 Å². The van der Waals surface area contributed by atoms with E-state index in [1.165, 1.54) is 42.7 Å². The predicted molar refractivity (Wildman–Crippen MR) is 96.8 cm³/mol. The van der Waals surface area contributed by atoms with Crippen molar-refractivity contribution in [3.05, 3.63) is 29.3 Å². The molecule has 2 aliphatic heterocycles. The number of fused-ring (bicyclic) bond motifs is 1. The molecule has 0 bridgehead atoms. The van der Waals surface area contributed by atoms with Crippen LogP contribution in [0.2, 0.25) is 0 Å². The number of aliphatic hydroxyl groups excluding tert-OH is 1. The molecule has 0 aromatic heterocycles. The molecule has 6 heteroatoms. The molecule has 134 valence electrons. The van der Waals surface area contributed by atoms with Gasteiger partial charge < -0.3 is 10.0 Å². The van der Waals surface area contributed by atoms with Gasteiger partial charge in [-0.3, -0.25) is 4.31 Å². The normalized spacial score (nSPS) is 21.2. The van der Waals surface area contributed by atoms with Gasteiger partial charge in [-0.1, -0.05) is 31.4 Å². The standard InChI is InChI=1S/C18H28N2O3S/c1-24(22,23)20-12-9-15-13-16(7-8-17(15)20)18(21)14-19-10-5-3-2-4-6-11-19/h7-8,13,18,21H,2-6,9-12,14H2,1H3. The van der Waals surface area contributed by atoms with Crippen molar-refractivity contribution in [2.75, 3.05) is 36.7 Å². The fourth-order valence-corrected chi connectivity index (χ4v) is 4.75. The zero-order valence-electron chi connectivity index (χ0n) is 14.4. The summed E-state index contributed by atoms with van der Waals surface area (Å²) in [6, 6.07) is 5.70. The summed E-state index contributed by atoms with van der Waals surface area (Å²) in [5, 5.41) is 10.6. The SMILES string of the molecule is CS(=O)(=O)N1CCc2cc(C(O)CN3CCCCCCC3)ccc21. The van der Waals surface area contributed by atoms with E-state index in [0.717, 1.165) is 29.9 Å². The van der Waals surface area contributed by atoms with Gasteiger partial charge >= 0.3 is 0 Å². The van der Waals surface area contributed by atoms with Crippen LogP contribution in [0, 0.1) is 0 Å². The van der Waals surface area contributed by atoms with Crippen molar-refractivity contribution in [3.63, 3.8) is 0 Å². The van der Waals surface area contributed by atoms with E-state index in [1.54, 1.807) is 0 Å². The number of nitrogens with zero attached hydrogens (tertiary/aromatic N) is 2. The lowest BCUT2D eigenvalue weighted by molar-refractivity contribution is 0.108. The molecular weight excluding hydrogens is 324 g/mol. The summed E-state index contributed by atoms with van der Waals surface area (Å²) in [5.41, 5.74) is 2.68. The maximum absolute atomic E-state index is 11.8. The van der Waals surface area contributed by atoms with E-state index < -0.39 is 16.1 Å². The molecule has 3 rings (SSSR count). The largest absolute Gasteiger partial charge is 0.387 e. The Bertz CT molecular complexity index is 667. The molecular formula is C18H28N2O3S. The molecule has 0 amide bonds. The van der Waals surface area contributed by atoms with Gasteiger partial charge in [0.05, 0.1) is 18.0 Å². The van der Waals surface area contributed by atoms with E-state index in [4.69, 9.17) is 0 Å². The molecule has 5 nitrogen and oxygen atoms in total. The van der Waals surface area contributed by atoms with E-state index in [2.05, 4.69) is 4.90 Å². The molecule has 2 heterocycles. The first kappa shape index (κ1) is 17.7. The number of hydrogen-bond acceptors (Lipinski definition) is 4. The number of aliphatic hydroxyl groups is 1. The van der Waals surface area contributed by atoms with Gasteiger partial charge in [-0.15, -0.1) is 0 Å². The number of benzene rings is 1. The summed E-state index contributed by atoms with van der Waals surface area (Å²) in [4.78, 5) is 2.36. The smallest absolute Gasteiger partial charge is 0.232 e. The first-order chi connectivity index (χ1) is 11.4. The molecule has 24 heavy (non-hydrogen) atoms. The molecule has 1 aromatic rings. The first-order valence-electron chi connectivity index (χ1n) is 8.96. The average Bonchev–Trinajstić information content (AvgIpc) is 2.92. The maximum atomic E-state index is 11.8. The second-order valence-corrected chi connectivity index (χ2v) is 8.96. The Balaban J connectivity index is 1.69. The lowest BCUT2D eigenvalue weighted by Gasteiger charge is -2.27. The third kappa shape index (κ3) is 4.10. The molecule has 1 fully saturated rings. The van der Waals surface area contributed by atoms with Crippen LogP contribution in [-0.2, 0) is 16.4 Å². The Morgan fingerprint density at radius 1 is 1.08 bits per heavy atom. The highest BCUT2D eigenvalue weighted by Crippen LogP contribution is 2.32. The third-order valence-electron chi connectivity index (χ3n) is 5.12. The Labute approximate surface area is 145 Å². The number of likely N-dealkylation sites (tertiary alicyclic amines) is 1. The monoisotopic (exact) mass is 352 g/mol. The summed E-state index contributed by atoms with van der Waals surface area (Å²) in [6.07, 6.45) is 7.76.